The summed E-state index contributed by atoms with van der Waals surface area (Å²) in [6.45, 7) is 4.76. The first-order valence-corrected chi connectivity index (χ1v) is 7.39. The number of benzene rings is 1. The molecule has 22 heavy (non-hydrogen) atoms. The Morgan fingerprint density at radius 3 is 2.50 bits per heavy atom. The maximum atomic E-state index is 12.5. The van der Waals surface area contributed by atoms with E-state index in [-0.39, 0.29) is 25.3 Å². The van der Waals surface area contributed by atoms with Crippen LogP contribution in [0.4, 0.5) is 0 Å². The van der Waals surface area contributed by atoms with Gasteiger partial charge in [-0.1, -0.05) is 0 Å². The molecule has 0 unspecified atom stereocenters. The zero-order valence-electron chi connectivity index (χ0n) is 13.0. The van der Waals surface area contributed by atoms with Gasteiger partial charge in [-0.05, 0) is 55.3 Å². The van der Waals surface area contributed by atoms with Crippen LogP contribution in [0.2, 0.25) is 0 Å². The first-order chi connectivity index (χ1) is 10.6. The summed E-state index contributed by atoms with van der Waals surface area (Å²) in [5.74, 6) is 0.789. The van der Waals surface area contributed by atoms with Crippen LogP contribution in [-0.2, 0) is 13.1 Å². The van der Waals surface area contributed by atoms with E-state index in [9.17, 15) is 9.90 Å². The summed E-state index contributed by atoms with van der Waals surface area (Å²) in [7, 11) is 0. The number of aromatic nitrogens is 1. The quantitative estimate of drug-likeness (QED) is 0.851. The lowest BCUT2D eigenvalue weighted by molar-refractivity contribution is 0.274. The number of nitrogens with two attached hydrogens (primary N) is 1. The minimum Gasteiger partial charge on any atom is -0.494 e. The first-order valence-electron chi connectivity index (χ1n) is 7.39. The van der Waals surface area contributed by atoms with Gasteiger partial charge in [0.15, 0.2) is 0 Å². The third kappa shape index (κ3) is 3.21. The number of hydrogen-bond donors (Lipinski definition) is 2. The fraction of sp³-hybridized carbons (Fsp3) is 0.353. The topological polar surface area (TPSA) is 77.5 Å². The average molecular weight is 302 g/mol. The Bertz CT molecular complexity index is 690. The highest BCUT2D eigenvalue weighted by molar-refractivity contribution is 5.62. The van der Waals surface area contributed by atoms with Crippen molar-refractivity contribution in [3.63, 3.8) is 0 Å². The van der Waals surface area contributed by atoms with E-state index in [1.165, 1.54) is 0 Å². The third-order valence-electron chi connectivity index (χ3n) is 3.61. The number of aryl methyl sites for hydroxylation is 1. The van der Waals surface area contributed by atoms with Gasteiger partial charge in [-0.25, -0.2) is 0 Å². The fourth-order valence-electron chi connectivity index (χ4n) is 2.51. The van der Waals surface area contributed by atoms with E-state index >= 15 is 0 Å². The van der Waals surface area contributed by atoms with Crippen LogP contribution in [0.1, 0.15) is 18.1 Å². The summed E-state index contributed by atoms with van der Waals surface area (Å²) in [5.41, 5.74) is 8.66. The van der Waals surface area contributed by atoms with Gasteiger partial charge in [-0.3, -0.25) is 4.79 Å². The fourth-order valence-corrected chi connectivity index (χ4v) is 2.51. The number of rotatable bonds is 6. The molecule has 0 saturated carbocycles. The number of pyridine rings is 1. The highest BCUT2D eigenvalue weighted by Crippen LogP contribution is 2.23. The van der Waals surface area contributed by atoms with Crippen molar-refractivity contribution >= 4 is 0 Å². The second-order valence-corrected chi connectivity index (χ2v) is 5.03. The molecule has 0 saturated heterocycles. The second-order valence-electron chi connectivity index (χ2n) is 5.03. The van der Waals surface area contributed by atoms with Crippen molar-refractivity contribution in [2.75, 3.05) is 13.2 Å². The number of hydrogen-bond acceptors (Lipinski definition) is 4. The predicted molar refractivity (Wildman–Crippen MR) is 87.0 cm³/mol. The molecular weight excluding hydrogens is 280 g/mol. The molecule has 0 fully saturated rings. The van der Waals surface area contributed by atoms with E-state index in [1.54, 1.807) is 4.57 Å². The molecule has 3 N–H and O–H groups in total. The lowest BCUT2D eigenvalue weighted by atomic mass is 10.0. The maximum absolute atomic E-state index is 12.5. The Hall–Kier alpha value is -2.11. The third-order valence-corrected chi connectivity index (χ3v) is 3.61. The highest BCUT2D eigenvalue weighted by atomic mass is 16.5. The number of aliphatic hydroxyl groups is 1. The van der Waals surface area contributed by atoms with Crippen molar-refractivity contribution in [3.8, 4) is 17.0 Å². The van der Waals surface area contributed by atoms with Crippen LogP contribution in [0, 0.1) is 6.92 Å². The lowest BCUT2D eigenvalue weighted by Crippen LogP contribution is -2.29. The van der Waals surface area contributed by atoms with E-state index in [0.717, 1.165) is 22.6 Å². The van der Waals surface area contributed by atoms with Crippen LogP contribution in [-0.4, -0.2) is 22.9 Å². The van der Waals surface area contributed by atoms with Crippen molar-refractivity contribution in [1.29, 1.82) is 0 Å². The molecule has 1 aromatic carbocycles. The van der Waals surface area contributed by atoms with Crippen LogP contribution in [0.3, 0.4) is 0 Å². The van der Waals surface area contributed by atoms with E-state index in [2.05, 4.69) is 0 Å². The Labute approximate surface area is 130 Å². The van der Waals surface area contributed by atoms with Crippen molar-refractivity contribution in [2.45, 2.75) is 26.9 Å². The normalized spacial score (nSPS) is 10.7. The molecule has 118 valence electrons. The molecule has 0 radical (unpaired) electrons. The second kappa shape index (κ2) is 7.24. The van der Waals surface area contributed by atoms with Crippen molar-refractivity contribution < 1.29 is 9.84 Å². The van der Waals surface area contributed by atoms with Crippen LogP contribution in [0.5, 0.6) is 5.75 Å². The van der Waals surface area contributed by atoms with E-state index in [1.807, 2.05) is 44.2 Å². The molecule has 5 heteroatoms. The molecule has 0 atom stereocenters. The number of ether oxygens (including phenoxy) is 1. The summed E-state index contributed by atoms with van der Waals surface area (Å²) in [4.78, 5) is 12.5. The zero-order chi connectivity index (χ0) is 16.1. The monoisotopic (exact) mass is 302 g/mol. The van der Waals surface area contributed by atoms with Crippen molar-refractivity contribution in [2.24, 2.45) is 5.73 Å². The summed E-state index contributed by atoms with van der Waals surface area (Å²) in [6, 6.07) is 9.51. The van der Waals surface area contributed by atoms with Gasteiger partial charge in [0, 0.05) is 18.7 Å². The van der Waals surface area contributed by atoms with Gasteiger partial charge >= 0.3 is 0 Å². The van der Waals surface area contributed by atoms with Crippen molar-refractivity contribution in [1.82, 2.24) is 4.57 Å². The van der Waals surface area contributed by atoms with Gasteiger partial charge in [-0.15, -0.1) is 0 Å². The molecule has 2 aromatic rings. The lowest BCUT2D eigenvalue weighted by Gasteiger charge is -2.16. The maximum Gasteiger partial charge on any atom is 0.255 e. The minimum absolute atomic E-state index is 0.100. The Morgan fingerprint density at radius 1 is 1.27 bits per heavy atom. The molecule has 0 aliphatic carbocycles. The summed E-state index contributed by atoms with van der Waals surface area (Å²) >= 11 is 0. The van der Waals surface area contributed by atoms with E-state index in [0.29, 0.717) is 12.2 Å². The van der Waals surface area contributed by atoms with Crippen molar-refractivity contribution in [3.05, 3.63) is 51.8 Å². The van der Waals surface area contributed by atoms with Gasteiger partial charge < -0.3 is 20.1 Å². The van der Waals surface area contributed by atoms with Crippen LogP contribution in [0.15, 0.2) is 35.1 Å². The molecule has 2 rings (SSSR count). The Kier molecular flexibility index (Phi) is 5.35. The standard InChI is InChI=1S/C17H22N2O3/c1-3-22-14-6-4-13(5-7-14)16-10-12(2)15(11-18)17(21)19(16)8-9-20/h4-7,10,20H,3,8-9,11,18H2,1-2H3. The summed E-state index contributed by atoms with van der Waals surface area (Å²) in [6.07, 6.45) is 0. The van der Waals surface area contributed by atoms with Gasteiger partial charge in [0.25, 0.3) is 5.56 Å². The Balaban J connectivity index is 2.56. The minimum atomic E-state index is -0.138. The van der Waals surface area contributed by atoms with Crippen LogP contribution >= 0.6 is 0 Å². The van der Waals surface area contributed by atoms with Gasteiger partial charge in [0.2, 0.25) is 0 Å². The van der Waals surface area contributed by atoms with E-state index in [4.69, 9.17) is 10.5 Å². The van der Waals surface area contributed by atoms with Gasteiger partial charge in [0.05, 0.1) is 18.9 Å². The van der Waals surface area contributed by atoms with Gasteiger partial charge in [-0.2, -0.15) is 0 Å². The molecule has 0 bridgehead atoms. The zero-order valence-corrected chi connectivity index (χ0v) is 13.0. The summed E-state index contributed by atoms with van der Waals surface area (Å²) in [5, 5.41) is 9.25. The summed E-state index contributed by atoms with van der Waals surface area (Å²) < 4.78 is 7.01. The number of nitrogens with zero attached hydrogens (tertiary/aromatic N) is 1. The largest absolute Gasteiger partial charge is 0.494 e. The van der Waals surface area contributed by atoms with Gasteiger partial charge in [0.1, 0.15) is 5.75 Å². The predicted octanol–water partition coefficient (Wildman–Crippen LogP) is 1.67. The highest BCUT2D eigenvalue weighted by Gasteiger charge is 2.12. The molecular formula is C17H22N2O3. The molecule has 5 nitrogen and oxygen atoms in total. The molecule has 0 aliphatic heterocycles. The molecule has 0 aliphatic rings. The van der Waals surface area contributed by atoms with Crippen LogP contribution in [0.25, 0.3) is 11.3 Å². The smallest absolute Gasteiger partial charge is 0.255 e. The molecule has 0 amide bonds. The molecule has 0 spiro atoms. The first kappa shape index (κ1) is 16.3. The average Bonchev–Trinajstić information content (AvgIpc) is 2.51. The Morgan fingerprint density at radius 2 is 1.95 bits per heavy atom. The van der Waals surface area contributed by atoms with Crippen LogP contribution < -0.4 is 16.0 Å². The molecule has 1 aromatic heterocycles. The van der Waals surface area contributed by atoms with E-state index < -0.39 is 0 Å². The molecule has 1 heterocycles. The number of aliphatic hydroxyl groups excluding tert-OH is 1. The SMILES string of the molecule is CCOc1ccc(-c2cc(C)c(CN)c(=O)n2CCO)cc1.